The number of carbonyl (C=O) groups excluding carboxylic acids is 1. The molecule has 36 heavy (non-hydrogen) atoms. The Morgan fingerprint density at radius 2 is 2.00 bits per heavy atom. The van der Waals surface area contributed by atoms with Crippen molar-refractivity contribution in [2.75, 3.05) is 32.1 Å². The predicted octanol–water partition coefficient (Wildman–Crippen LogP) is 3.86. The van der Waals surface area contributed by atoms with Crippen LogP contribution in [0.4, 0.5) is 10.1 Å². The van der Waals surface area contributed by atoms with E-state index in [1.54, 1.807) is 19.2 Å². The average molecular weight is 493 g/mol. The van der Waals surface area contributed by atoms with Crippen LogP contribution in [0.25, 0.3) is 10.9 Å². The highest BCUT2D eigenvalue weighted by Gasteiger charge is 2.45. The molecule has 4 aliphatic rings. The summed E-state index contributed by atoms with van der Waals surface area (Å²) in [5.41, 5.74) is 2.58. The lowest BCUT2D eigenvalue weighted by atomic mass is 9.76. The van der Waals surface area contributed by atoms with Crippen LogP contribution in [0.2, 0.25) is 0 Å². The van der Waals surface area contributed by atoms with Gasteiger partial charge < -0.3 is 19.5 Å². The van der Waals surface area contributed by atoms with E-state index in [4.69, 9.17) is 14.2 Å². The highest BCUT2D eigenvalue weighted by Crippen LogP contribution is 2.41. The summed E-state index contributed by atoms with van der Waals surface area (Å²) in [5, 5.41) is 3.91. The van der Waals surface area contributed by atoms with Crippen LogP contribution in [0.3, 0.4) is 0 Å². The summed E-state index contributed by atoms with van der Waals surface area (Å²) in [6.07, 6.45) is 4.93. The number of aromatic nitrogens is 2. The number of nitrogens with one attached hydrogen (secondary N) is 1. The third-order valence-electron chi connectivity index (χ3n) is 7.75. The quantitative estimate of drug-likeness (QED) is 0.498. The fraction of sp³-hybridized carbons (Fsp3) is 0.444. The molecule has 0 radical (unpaired) electrons. The Hall–Kier alpha value is -3.30. The van der Waals surface area contributed by atoms with Crippen molar-refractivity contribution in [1.82, 2.24) is 14.9 Å². The molecule has 1 saturated carbocycles. The number of nitrogens with zero attached hydrogens (tertiary/aromatic N) is 3. The molecule has 9 heteroatoms. The Bertz CT molecular complexity index is 1290. The lowest BCUT2D eigenvalue weighted by molar-refractivity contribution is -0.138. The van der Waals surface area contributed by atoms with Crippen LogP contribution in [0.5, 0.6) is 11.8 Å². The zero-order valence-electron chi connectivity index (χ0n) is 20.3. The first-order chi connectivity index (χ1) is 17.5. The minimum absolute atomic E-state index is 0.132. The van der Waals surface area contributed by atoms with Crippen LogP contribution in [0, 0.1) is 5.82 Å². The van der Waals surface area contributed by atoms with E-state index in [9.17, 15) is 4.79 Å². The molecule has 7 rings (SSSR count). The van der Waals surface area contributed by atoms with E-state index < -0.39 is 0 Å². The molecule has 2 bridgehead atoms. The van der Waals surface area contributed by atoms with Gasteiger partial charge in [0.05, 0.1) is 36.7 Å². The average Bonchev–Trinajstić information content (AvgIpc) is 2.92. The van der Waals surface area contributed by atoms with Crippen LogP contribution in [0.15, 0.2) is 36.4 Å². The van der Waals surface area contributed by atoms with Crippen LogP contribution >= 0.6 is 0 Å². The Kier molecular flexibility index (Phi) is 5.97. The minimum Gasteiger partial charge on any atom is -0.481 e. The van der Waals surface area contributed by atoms with E-state index in [1.807, 2.05) is 18.2 Å². The first kappa shape index (κ1) is 23.1. The molecule has 188 valence electrons. The van der Waals surface area contributed by atoms with Gasteiger partial charge in [0.1, 0.15) is 12.4 Å². The second-order valence-electron chi connectivity index (χ2n) is 9.84. The first-order valence-corrected chi connectivity index (χ1v) is 12.5. The lowest BCUT2D eigenvalue weighted by Crippen LogP contribution is -2.59. The third-order valence-corrected chi connectivity index (χ3v) is 7.75. The van der Waals surface area contributed by atoms with Crippen LogP contribution in [-0.2, 0) is 22.5 Å². The summed E-state index contributed by atoms with van der Waals surface area (Å²) in [5.74, 6) is 0.150. The standard InChI is InChI=1S/C27H29FN4O4/c1-34-23-7-3-17-2-5-21(28)20(25(17)31-23)10-13-32(27-11-8-19(9-12-27)35-16-27)15-18-4-6-22-26(30-18)36-24(33)14-29-22/h2-7,19,29H,8-16H2,1H3. The Morgan fingerprint density at radius 1 is 1.17 bits per heavy atom. The second kappa shape index (κ2) is 9.29. The largest absolute Gasteiger partial charge is 0.481 e. The number of esters is 1. The summed E-state index contributed by atoms with van der Waals surface area (Å²) in [7, 11) is 1.56. The maximum atomic E-state index is 15.1. The predicted molar refractivity (Wildman–Crippen MR) is 132 cm³/mol. The van der Waals surface area contributed by atoms with Gasteiger partial charge in [-0.3, -0.25) is 4.90 Å². The number of ether oxygens (including phenoxy) is 3. The first-order valence-electron chi connectivity index (χ1n) is 12.5. The molecule has 3 aliphatic heterocycles. The van der Waals surface area contributed by atoms with Crippen LogP contribution in [-0.4, -0.2) is 59.3 Å². The molecule has 0 spiro atoms. The molecule has 2 aromatic heterocycles. The van der Waals surface area contributed by atoms with Gasteiger partial charge in [0, 0.05) is 35.6 Å². The van der Waals surface area contributed by atoms with Gasteiger partial charge in [-0.1, -0.05) is 0 Å². The molecule has 2 saturated heterocycles. The smallest absolute Gasteiger partial charge is 0.332 e. The highest BCUT2D eigenvalue weighted by molar-refractivity contribution is 5.83. The van der Waals surface area contributed by atoms with Crippen molar-refractivity contribution in [3.8, 4) is 11.8 Å². The number of hydrogen-bond donors (Lipinski definition) is 1. The van der Waals surface area contributed by atoms with Crippen molar-refractivity contribution >= 4 is 22.6 Å². The van der Waals surface area contributed by atoms with Crippen molar-refractivity contribution in [2.24, 2.45) is 0 Å². The molecule has 0 unspecified atom stereocenters. The van der Waals surface area contributed by atoms with E-state index in [-0.39, 0.29) is 23.9 Å². The second-order valence-corrected chi connectivity index (χ2v) is 9.84. The number of benzene rings is 1. The van der Waals surface area contributed by atoms with Crippen LogP contribution in [0.1, 0.15) is 36.9 Å². The van der Waals surface area contributed by atoms with Crippen molar-refractivity contribution in [3.63, 3.8) is 0 Å². The van der Waals surface area contributed by atoms with Gasteiger partial charge in [-0.15, -0.1) is 0 Å². The zero-order chi connectivity index (χ0) is 24.7. The summed E-state index contributed by atoms with van der Waals surface area (Å²) >= 11 is 0. The summed E-state index contributed by atoms with van der Waals surface area (Å²) < 4.78 is 31.9. The Balaban J connectivity index is 1.31. The number of hydrogen-bond acceptors (Lipinski definition) is 8. The fourth-order valence-corrected chi connectivity index (χ4v) is 5.69. The molecule has 1 aliphatic carbocycles. The molecule has 8 nitrogen and oxygen atoms in total. The van der Waals surface area contributed by atoms with Gasteiger partial charge in [-0.25, -0.2) is 19.2 Å². The summed E-state index contributed by atoms with van der Waals surface area (Å²) in [4.78, 5) is 23.3. The lowest BCUT2D eigenvalue weighted by Gasteiger charge is -2.52. The maximum Gasteiger partial charge on any atom is 0.332 e. The number of rotatable bonds is 7. The summed E-state index contributed by atoms with van der Waals surface area (Å²) in [6.45, 7) is 1.95. The number of methoxy groups -OCH3 is 1. The molecule has 0 amide bonds. The monoisotopic (exact) mass is 492 g/mol. The highest BCUT2D eigenvalue weighted by atomic mass is 19.1. The van der Waals surface area contributed by atoms with Crippen LogP contribution < -0.4 is 14.8 Å². The van der Waals surface area contributed by atoms with Gasteiger partial charge in [0.25, 0.3) is 0 Å². The molecule has 3 fully saturated rings. The van der Waals surface area contributed by atoms with Crippen molar-refractivity contribution < 1.29 is 23.4 Å². The minimum atomic E-state index is -0.351. The SMILES string of the molecule is COc1ccc2ccc(F)c(CCN(Cc3ccc4c(n3)OC(=O)CN4)C34CCC(CC3)OC4)c2n1. The molecule has 0 atom stereocenters. The molecular formula is C27H29FN4O4. The third kappa shape index (κ3) is 4.26. The van der Waals surface area contributed by atoms with Gasteiger partial charge in [-0.05, 0) is 62.4 Å². The van der Waals surface area contributed by atoms with Gasteiger partial charge in [0.15, 0.2) is 0 Å². The number of halogens is 1. The molecule has 3 aromatic rings. The maximum absolute atomic E-state index is 15.1. The van der Waals surface area contributed by atoms with Crippen molar-refractivity contribution in [1.29, 1.82) is 0 Å². The van der Waals surface area contributed by atoms with E-state index in [1.165, 1.54) is 6.07 Å². The normalized spacial score (nSPS) is 22.9. The van der Waals surface area contributed by atoms with Gasteiger partial charge in [0.2, 0.25) is 11.8 Å². The zero-order valence-corrected chi connectivity index (χ0v) is 20.3. The molecule has 1 aromatic carbocycles. The van der Waals surface area contributed by atoms with Crippen molar-refractivity contribution in [3.05, 3.63) is 53.5 Å². The van der Waals surface area contributed by atoms with Crippen molar-refractivity contribution in [2.45, 2.75) is 50.3 Å². The molecule has 1 N–H and O–H groups in total. The topological polar surface area (TPSA) is 85.8 Å². The fourth-order valence-electron chi connectivity index (χ4n) is 5.69. The number of fused-ring (bicyclic) bond motifs is 5. The number of carbonyl (C=O) groups is 1. The van der Waals surface area contributed by atoms with E-state index in [2.05, 4.69) is 20.2 Å². The Morgan fingerprint density at radius 3 is 2.78 bits per heavy atom. The molecular weight excluding hydrogens is 463 g/mol. The van der Waals surface area contributed by atoms with E-state index in [0.717, 1.165) is 36.8 Å². The van der Waals surface area contributed by atoms with E-state index in [0.29, 0.717) is 60.7 Å². The Labute approximate surface area is 208 Å². The number of anilines is 1. The number of pyridine rings is 2. The van der Waals surface area contributed by atoms with E-state index >= 15 is 4.39 Å². The molecule has 5 heterocycles. The van der Waals surface area contributed by atoms with Gasteiger partial charge >= 0.3 is 5.97 Å². The summed E-state index contributed by atoms with van der Waals surface area (Å²) in [6, 6.07) is 10.8. The van der Waals surface area contributed by atoms with Gasteiger partial charge in [-0.2, -0.15) is 0 Å².